The number of nitrogen functional groups attached to an aromatic ring is 1. The van der Waals surface area contributed by atoms with Crippen LogP contribution < -0.4 is 11.3 Å². The van der Waals surface area contributed by atoms with Crippen LogP contribution in [0.2, 0.25) is 0 Å². The van der Waals surface area contributed by atoms with E-state index in [2.05, 4.69) is 15.0 Å². The van der Waals surface area contributed by atoms with Crippen LogP contribution in [0.15, 0.2) is 11.1 Å². The molecule has 102 valence electrons. The van der Waals surface area contributed by atoms with Crippen molar-refractivity contribution in [1.82, 2.24) is 19.5 Å². The zero-order valence-electron chi connectivity index (χ0n) is 9.76. The highest BCUT2D eigenvalue weighted by atomic mass is 16.4. The maximum absolute atomic E-state index is 11.6. The van der Waals surface area contributed by atoms with E-state index in [4.69, 9.17) is 5.73 Å². The Hall–Kier alpha value is -1.97. The number of H-pyrrole nitrogens is 1. The van der Waals surface area contributed by atoms with Crippen LogP contribution in [0.3, 0.4) is 0 Å². The van der Waals surface area contributed by atoms with Crippen molar-refractivity contribution >= 4 is 17.1 Å². The van der Waals surface area contributed by atoms with E-state index >= 15 is 0 Å². The molecule has 0 amide bonds. The van der Waals surface area contributed by atoms with Crippen molar-refractivity contribution in [2.24, 2.45) is 0 Å². The Morgan fingerprint density at radius 1 is 1.37 bits per heavy atom. The van der Waals surface area contributed by atoms with Crippen molar-refractivity contribution in [3.05, 3.63) is 16.7 Å². The SMILES string of the molecule is Nc1nc2c(ncn2[C@H]2C[C@@H](O)[C@H](O)[C@@H]2O)c(=O)[nH]1. The number of nitrogens with one attached hydrogen (secondary N) is 1. The Bertz CT molecular complexity index is 680. The van der Waals surface area contributed by atoms with E-state index < -0.39 is 29.9 Å². The molecule has 0 bridgehead atoms. The lowest BCUT2D eigenvalue weighted by molar-refractivity contribution is -0.0244. The molecule has 19 heavy (non-hydrogen) atoms. The fourth-order valence-electron chi connectivity index (χ4n) is 2.45. The summed E-state index contributed by atoms with van der Waals surface area (Å²) in [7, 11) is 0. The lowest BCUT2D eigenvalue weighted by Gasteiger charge is -2.17. The van der Waals surface area contributed by atoms with Crippen molar-refractivity contribution in [1.29, 1.82) is 0 Å². The molecule has 0 aliphatic heterocycles. The molecule has 0 radical (unpaired) electrons. The smallest absolute Gasteiger partial charge is 0.280 e. The summed E-state index contributed by atoms with van der Waals surface area (Å²) in [5, 5.41) is 29.0. The van der Waals surface area contributed by atoms with Crippen LogP contribution in [-0.4, -0.2) is 53.2 Å². The summed E-state index contributed by atoms with van der Waals surface area (Å²) >= 11 is 0. The molecule has 1 fully saturated rings. The van der Waals surface area contributed by atoms with Crippen LogP contribution >= 0.6 is 0 Å². The van der Waals surface area contributed by atoms with Gasteiger partial charge in [-0.05, 0) is 6.42 Å². The Kier molecular flexibility index (Phi) is 2.55. The van der Waals surface area contributed by atoms with E-state index in [1.54, 1.807) is 0 Å². The average molecular weight is 267 g/mol. The normalized spacial score (nSPS) is 31.1. The van der Waals surface area contributed by atoms with Gasteiger partial charge in [-0.15, -0.1) is 0 Å². The first-order valence-electron chi connectivity index (χ1n) is 5.75. The van der Waals surface area contributed by atoms with Gasteiger partial charge in [-0.1, -0.05) is 0 Å². The highest BCUT2D eigenvalue weighted by Crippen LogP contribution is 2.32. The maximum atomic E-state index is 11.6. The quantitative estimate of drug-likeness (QED) is 0.391. The number of aromatic amines is 1. The van der Waals surface area contributed by atoms with Crippen molar-refractivity contribution in [3.63, 3.8) is 0 Å². The molecule has 4 atom stereocenters. The molecule has 2 aromatic heterocycles. The van der Waals surface area contributed by atoms with Gasteiger partial charge >= 0.3 is 0 Å². The van der Waals surface area contributed by atoms with Gasteiger partial charge in [0, 0.05) is 0 Å². The first-order valence-corrected chi connectivity index (χ1v) is 5.75. The minimum absolute atomic E-state index is 0.0622. The third-order valence-electron chi connectivity index (χ3n) is 3.43. The predicted octanol–water partition coefficient (Wildman–Crippen LogP) is -2.27. The topological polar surface area (TPSA) is 150 Å². The van der Waals surface area contributed by atoms with Gasteiger partial charge in [0.05, 0.1) is 18.5 Å². The first-order chi connectivity index (χ1) is 8.99. The lowest BCUT2D eigenvalue weighted by Crippen LogP contribution is -2.31. The van der Waals surface area contributed by atoms with Gasteiger partial charge in [0.1, 0.15) is 12.2 Å². The molecular weight excluding hydrogens is 254 g/mol. The van der Waals surface area contributed by atoms with E-state index in [1.807, 2.05) is 0 Å². The number of nitrogens with zero attached hydrogens (tertiary/aromatic N) is 3. The molecule has 9 heteroatoms. The summed E-state index contributed by atoms with van der Waals surface area (Å²) in [6.07, 6.45) is -1.94. The summed E-state index contributed by atoms with van der Waals surface area (Å²) in [6.45, 7) is 0. The molecule has 1 aliphatic carbocycles. The van der Waals surface area contributed by atoms with Crippen molar-refractivity contribution < 1.29 is 15.3 Å². The van der Waals surface area contributed by atoms with Gasteiger partial charge in [-0.25, -0.2) is 4.98 Å². The molecule has 2 aromatic rings. The van der Waals surface area contributed by atoms with Gasteiger partial charge in [-0.2, -0.15) is 4.98 Å². The molecule has 6 N–H and O–H groups in total. The Labute approximate surface area is 106 Å². The number of hydrogen-bond donors (Lipinski definition) is 5. The number of imidazole rings is 1. The molecule has 0 aromatic carbocycles. The largest absolute Gasteiger partial charge is 0.390 e. The molecule has 2 heterocycles. The zero-order valence-corrected chi connectivity index (χ0v) is 9.76. The number of aliphatic hydroxyl groups excluding tert-OH is 3. The second kappa shape index (κ2) is 4.02. The number of fused-ring (bicyclic) bond motifs is 1. The summed E-state index contributed by atoms with van der Waals surface area (Å²) < 4.78 is 1.45. The molecule has 0 saturated heterocycles. The second-order valence-electron chi connectivity index (χ2n) is 4.63. The van der Waals surface area contributed by atoms with Crippen LogP contribution in [0, 0.1) is 0 Å². The number of aliphatic hydroxyl groups is 3. The van der Waals surface area contributed by atoms with E-state index in [9.17, 15) is 20.1 Å². The molecular formula is C10H13N5O4. The summed E-state index contributed by atoms with van der Waals surface area (Å²) in [5.41, 5.74) is 5.30. The number of rotatable bonds is 1. The van der Waals surface area contributed by atoms with Crippen LogP contribution in [-0.2, 0) is 0 Å². The third-order valence-corrected chi connectivity index (χ3v) is 3.43. The lowest BCUT2D eigenvalue weighted by atomic mass is 10.2. The average Bonchev–Trinajstić information content (AvgIpc) is 2.86. The van der Waals surface area contributed by atoms with E-state index in [0.29, 0.717) is 0 Å². The Morgan fingerprint density at radius 3 is 2.74 bits per heavy atom. The highest BCUT2D eigenvalue weighted by molar-refractivity contribution is 5.70. The monoisotopic (exact) mass is 267 g/mol. The Morgan fingerprint density at radius 2 is 2.11 bits per heavy atom. The van der Waals surface area contributed by atoms with Gasteiger partial charge in [0.25, 0.3) is 5.56 Å². The van der Waals surface area contributed by atoms with Crippen LogP contribution in [0.25, 0.3) is 11.2 Å². The van der Waals surface area contributed by atoms with Gasteiger partial charge in [0.15, 0.2) is 11.2 Å². The molecule has 0 spiro atoms. The van der Waals surface area contributed by atoms with E-state index in [0.717, 1.165) is 0 Å². The second-order valence-corrected chi connectivity index (χ2v) is 4.63. The molecule has 9 nitrogen and oxygen atoms in total. The first kappa shape index (κ1) is 12.1. The molecule has 1 aliphatic rings. The highest BCUT2D eigenvalue weighted by Gasteiger charge is 2.42. The third kappa shape index (κ3) is 1.70. The number of hydrogen-bond acceptors (Lipinski definition) is 7. The van der Waals surface area contributed by atoms with Crippen molar-refractivity contribution in [2.75, 3.05) is 5.73 Å². The van der Waals surface area contributed by atoms with Gasteiger partial charge in [-0.3, -0.25) is 9.78 Å². The summed E-state index contributed by atoms with van der Waals surface area (Å²) in [4.78, 5) is 21.8. The van der Waals surface area contributed by atoms with Crippen LogP contribution in [0.5, 0.6) is 0 Å². The maximum Gasteiger partial charge on any atom is 0.280 e. The van der Waals surface area contributed by atoms with Crippen molar-refractivity contribution in [2.45, 2.75) is 30.8 Å². The summed E-state index contributed by atoms with van der Waals surface area (Å²) in [5.74, 6) is -0.0622. The minimum Gasteiger partial charge on any atom is -0.390 e. The van der Waals surface area contributed by atoms with Gasteiger partial charge in [0.2, 0.25) is 5.95 Å². The van der Waals surface area contributed by atoms with Crippen LogP contribution in [0.1, 0.15) is 12.5 Å². The molecule has 0 unspecified atom stereocenters. The van der Waals surface area contributed by atoms with Crippen LogP contribution in [0.4, 0.5) is 5.95 Å². The number of aromatic nitrogens is 4. The van der Waals surface area contributed by atoms with E-state index in [-0.39, 0.29) is 23.5 Å². The Balaban J connectivity index is 2.14. The molecule has 3 rings (SSSR count). The fraction of sp³-hybridized carbons (Fsp3) is 0.500. The minimum atomic E-state index is -1.23. The number of anilines is 1. The number of nitrogens with two attached hydrogens (primary N) is 1. The van der Waals surface area contributed by atoms with Crippen molar-refractivity contribution in [3.8, 4) is 0 Å². The predicted molar refractivity (Wildman–Crippen MR) is 64.2 cm³/mol. The van der Waals surface area contributed by atoms with E-state index in [1.165, 1.54) is 10.9 Å². The van der Waals surface area contributed by atoms with Gasteiger partial charge < -0.3 is 25.6 Å². The standard InChI is InChI=1S/C10H13N5O4/c11-10-13-8-5(9(19)14-10)12-2-15(8)3-1-4(16)7(18)6(3)17/h2-4,6-7,16-18H,1H2,(H3,11,13,14,19)/t3-,4+,6+,7-/m0/s1. The summed E-state index contributed by atoms with van der Waals surface area (Å²) in [6, 6.07) is -0.608. The fourth-order valence-corrected chi connectivity index (χ4v) is 2.45. The zero-order chi connectivity index (χ0) is 13.7. The molecule has 1 saturated carbocycles.